The minimum absolute atomic E-state index is 0.0291. The second-order valence-corrected chi connectivity index (χ2v) is 5.68. The van der Waals surface area contributed by atoms with Gasteiger partial charge < -0.3 is 9.84 Å². The molecule has 0 spiro atoms. The van der Waals surface area contributed by atoms with Crippen LogP contribution in [0.1, 0.15) is 33.6 Å². The Morgan fingerprint density at radius 2 is 2.06 bits per heavy atom. The minimum Gasteiger partial charge on any atom is -0.480 e. The van der Waals surface area contributed by atoms with Crippen molar-refractivity contribution in [1.82, 2.24) is 4.90 Å². The van der Waals surface area contributed by atoms with E-state index in [1.54, 1.807) is 20.8 Å². The molecule has 5 heteroatoms. The zero-order valence-electron chi connectivity index (χ0n) is 10.8. The van der Waals surface area contributed by atoms with Crippen molar-refractivity contribution in [3.8, 4) is 11.8 Å². The predicted octanol–water partition coefficient (Wildman–Crippen LogP) is 1.47. The summed E-state index contributed by atoms with van der Waals surface area (Å²) in [5, 5.41) is 9.19. The monoisotopic (exact) mass is 251 g/mol. The molecule has 5 nitrogen and oxygen atoms in total. The Morgan fingerprint density at radius 1 is 1.39 bits per heavy atom. The average molecular weight is 251 g/mol. The molecule has 1 N–H and O–H groups in total. The van der Waals surface area contributed by atoms with Crippen LogP contribution in [-0.2, 0) is 9.53 Å². The van der Waals surface area contributed by atoms with Gasteiger partial charge in [-0.1, -0.05) is 5.92 Å². The van der Waals surface area contributed by atoms with Gasteiger partial charge in [-0.25, -0.2) is 9.59 Å². The topological polar surface area (TPSA) is 66.8 Å². The molecule has 1 amide bonds. The van der Waals surface area contributed by atoms with Crippen molar-refractivity contribution in [3.05, 3.63) is 0 Å². The van der Waals surface area contributed by atoms with Crippen molar-refractivity contribution in [3.63, 3.8) is 0 Å². The molecule has 18 heavy (non-hydrogen) atoms. The van der Waals surface area contributed by atoms with Crippen LogP contribution in [0.15, 0.2) is 0 Å². The molecule has 98 valence electrons. The van der Waals surface area contributed by atoms with Crippen LogP contribution in [0.4, 0.5) is 4.79 Å². The first-order valence-electron chi connectivity index (χ1n) is 6.02. The molecular weight excluding hydrogens is 234 g/mol. The van der Waals surface area contributed by atoms with Crippen LogP contribution in [0.25, 0.3) is 0 Å². The number of carboxylic acids is 1. The van der Waals surface area contributed by atoms with Gasteiger partial charge in [0.25, 0.3) is 0 Å². The lowest BCUT2D eigenvalue weighted by Crippen LogP contribution is -2.47. The van der Waals surface area contributed by atoms with Crippen LogP contribution < -0.4 is 0 Å². The molecular formula is C13H17NO4. The lowest BCUT2D eigenvalue weighted by atomic mass is 10.0. The van der Waals surface area contributed by atoms with Crippen LogP contribution in [0.2, 0.25) is 0 Å². The van der Waals surface area contributed by atoms with E-state index in [1.807, 2.05) is 0 Å². The standard InChI is InChI=1S/C13H17NO4/c1-13(2,3)18-12(17)14-9-6-4-5-8(9)7-10(14)11(15)16/h8-10H,6-7H2,1-3H3,(H,15,16). The smallest absolute Gasteiger partial charge is 0.411 e. The van der Waals surface area contributed by atoms with Crippen LogP contribution in [0.3, 0.4) is 0 Å². The molecule has 0 aromatic rings. The number of nitrogens with zero attached hydrogens (tertiary/aromatic N) is 1. The van der Waals surface area contributed by atoms with E-state index in [0.29, 0.717) is 12.8 Å². The minimum atomic E-state index is -0.989. The van der Waals surface area contributed by atoms with Crippen molar-refractivity contribution in [2.24, 2.45) is 5.92 Å². The maximum Gasteiger partial charge on any atom is 0.411 e. The molecule has 0 saturated carbocycles. The largest absolute Gasteiger partial charge is 0.480 e. The number of hydrogen-bond donors (Lipinski definition) is 1. The van der Waals surface area contributed by atoms with Crippen molar-refractivity contribution >= 4 is 12.1 Å². The first-order valence-corrected chi connectivity index (χ1v) is 6.02. The maximum atomic E-state index is 12.1. The van der Waals surface area contributed by atoms with E-state index in [-0.39, 0.29) is 12.0 Å². The molecule has 0 aromatic heterocycles. The van der Waals surface area contributed by atoms with Crippen LogP contribution in [-0.4, -0.2) is 39.8 Å². The van der Waals surface area contributed by atoms with E-state index in [4.69, 9.17) is 4.74 Å². The predicted molar refractivity (Wildman–Crippen MR) is 63.8 cm³/mol. The fourth-order valence-corrected chi connectivity index (χ4v) is 2.42. The van der Waals surface area contributed by atoms with Gasteiger partial charge in [0.1, 0.15) is 11.6 Å². The molecule has 0 aromatic carbocycles. The first kappa shape index (κ1) is 12.7. The third-order valence-electron chi connectivity index (χ3n) is 3.12. The summed E-state index contributed by atoms with van der Waals surface area (Å²) in [6.45, 7) is 5.29. The lowest BCUT2D eigenvalue weighted by Gasteiger charge is -2.30. The highest BCUT2D eigenvalue weighted by Crippen LogP contribution is 2.35. The van der Waals surface area contributed by atoms with E-state index >= 15 is 0 Å². The van der Waals surface area contributed by atoms with Crippen LogP contribution >= 0.6 is 0 Å². The van der Waals surface area contributed by atoms with E-state index < -0.39 is 23.7 Å². The lowest BCUT2D eigenvalue weighted by molar-refractivity contribution is -0.142. The molecule has 3 atom stereocenters. The number of rotatable bonds is 1. The highest BCUT2D eigenvalue weighted by atomic mass is 16.6. The summed E-state index contributed by atoms with van der Waals surface area (Å²) in [5.41, 5.74) is -0.627. The Bertz CT molecular complexity index is 440. The highest BCUT2D eigenvalue weighted by Gasteiger charge is 2.49. The molecule has 0 bridgehead atoms. The summed E-state index contributed by atoms with van der Waals surface area (Å²) in [4.78, 5) is 24.7. The van der Waals surface area contributed by atoms with Crippen molar-refractivity contribution in [2.75, 3.05) is 0 Å². The summed E-state index contributed by atoms with van der Waals surface area (Å²) in [5.74, 6) is 4.91. The van der Waals surface area contributed by atoms with Crippen LogP contribution in [0.5, 0.6) is 0 Å². The van der Waals surface area contributed by atoms with Crippen molar-refractivity contribution in [2.45, 2.75) is 51.3 Å². The number of fused-ring (bicyclic) bond motifs is 1. The number of carbonyl (C=O) groups excluding carboxylic acids is 1. The zero-order valence-corrected chi connectivity index (χ0v) is 10.8. The average Bonchev–Trinajstić information content (AvgIpc) is 2.70. The Labute approximate surface area is 106 Å². The Kier molecular flexibility index (Phi) is 2.97. The number of amides is 1. The molecule has 1 fully saturated rings. The molecule has 1 aliphatic carbocycles. The van der Waals surface area contributed by atoms with Gasteiger partial charge >= 0.3 is 12.1 Å². The molecule has 2 aliphatic rings. The highest BCUT2D eigenvalue weighted by molar-refractivity contribution is 5.81. The number of likely N-dealkylation sites (tertiary alicyclic amines) is 1. The second kappa shape index (κ2) is 4.20. The summed E-state index contributed by atoms with van der Waals surface area (Å²) in [7, 11) is 0. The van der Waals surface area contributed by atoms with Crippen molar-refractivity contribution in [1.29, 1.82) is 0 Å². The molecule has 2 rings (SSSR count). The Balaban J connectivity index is 2.18. The van der Waals surface area contributed by atoms with E-state index in [0.717, 1.165) is 0 Å². The van der Waals surface area contributed by atoms with Gasteiger partial charge in [0.2, 0.25) is 0 Å². The van der Waals surface area contributed by atoms with Crippen molar-refractivity contribution < 1.29 is 19.4 Å². The van der Waals surface area contributed by atoms with Gasteiger partial charge in [-0.2, -0.15) is 0 Å². The quantitative estimate of drug-likeness (QED) is 0.717. The fraction of sp³-hybridized carbons (Fsp3) is 0.692. The number of carboxylic acid groups (broad SMARTS) is 1. The van der Waals surface area contributed by atoms with E-state index in [2.05, 4.69) is 11.8 Å². The van der Waals surface area contributed by atoms with Crippen LogP contribution in [0, 0.1) is 17.8 Å². The molecule has 0 radical (unpaired) electrons. The van der Waals surface area contributed by atoms with Gasteiger partial charge in [0.05, 0.1) is 6.04 Å². The van der Waals surface area contributed by atoms with Gasteiger partial charge in [-0.05, 0) is 27.2 Å². The summed E-state index contributed by atoms with van der Waals surface area (Å²) in [6.07, 6.45) is 0.368. The van der Waals surface area contributed by atoms with E-state index in [1.165, 1.54) is 4.90 Å². The number of aliphatic carboxylic acids is 1. The normalized spacial score (nSPS) is 29.5. The Hall–Kier alpha value is -1.70. The number of carbonyl (C=O) groups is 2. The first-order chi connectivity index (χ1) is 8.29. The van der Waals surface area contributed by atoms with Gasteiger partial charge in [-0.3, -0.25) is 4.90 Å². The summed E-state index contributed by atoms with van der Waals surface area (Å²) < 4.78 is 5.28. The summed E-state index contributed by atoms with van der Waals surface area (Å²) >= 11 is 0. The van der Waals surface area contributed by atoms with Gasteiger partial charge in [0.15, 0.2) is 0 Å². The second-order valence-electron chi connectivity index (χ2n) is 5.68. The third-order valence-corrected chi connectivity index (χ3v) is 3.12. The fourth-order valence-electron chi connectivity index (χ4n) is 2.42. The SMILES string of the molecule is CC(C)(C)OC(=O)N1C(C(=O)O)CC2C#CCC21. The number of ether oxygens (including phenoxy) is 1. The third kappa shape index (κ3) is 2.28. The molecule has 1 heterocycles. The maximum absolute atomic E-state index is 12.1. The Morgan fingerprint density at radius 3 is 2.61 bits per heavy atom. The molecule has 1 aliphatic heterocycles. The zero-order chi connectivity index (χ0) is 13.5. The van der Waals surface area contributed by atoms with E-state index in [9.17, 15) is 14.7 Å². The summed E-state index contributed by atoms with van der Waals surface area (Å²) in [6, 6.07) is -0.981. The van der Waals surface area contributed by atoms with Gasteiger partial charge in [-0.15, -0.1) is 5.92 Å². The molecule has 3 unspecified atom stereocenters. The number of hydrogen-bond acceptors (Lipinski definition) is 3. The van der Waals surface area contributed by atoms with Gasteiger partial charge in [0, 0.05) is 12.3 Å². The molecule has 1 saturated heterocycles.